The third-order valence-corrected chi connectivity index (χ3v) is 4.91. The van der Waals surface area contributed by atoms with E-state index >= 15 is 0 Å². The van der Waals surface area contributed by atoms with Crippen LogP contribution in [0.15, 0.2) is 77.3 Å². The smallest absolute Gasteiger partial charge is 0.255 e. The van der Waals surface area contributed by atoms with Gasteiger partial charge in [-0.05, 0) is 66.7 Å². The number of anilines is 1. The maximum atomic E-state index is 12.4. The standard InChI is InChI=1S/C23H23BrN2O2/c1-26(16-18-5-9-20(24)10-6-18)15-17-3-7-19(8-4-17)23(27)25-21-11-13-22(28-2)14-12-21/h3-14H,15-16H2,1-2H3,(H,25,27). The molecule has 28 heavy (non-hydrogen) atoms. The second-order valence-corrected chi connectivity index (χ2v) is 7.59. The number of hydrogen-bond donors (Lipinski definition) is 1. The lowest BCUT2D eigenvalue weighted by Gasteiger charge is -2.17. The van der Waals surface area contributed by atoms with Gasteiger partial charge in [-0.2, -0.15) is 0 Å². The van der Waals surface area contributed by atoms with Crippen LogP contribution >= 0.6 is 15.9 Å². The van der Waals surface area contributed by atoms with Crippen molar-refractivity contribution < 1.29 is 9.53 Å². The normalized spacial score (nSPS) is 10.7. The molecule has 0 radical (unpaired) electrons. The highest BCUT2D eigenvalue weighted by Gasteiger charge is 2.07. The van der Waals surface area contributed by atoms with E-state index in [9.17, 15) is 4.79 Å². The summed E-state index contributed by atoms with van der Waals surface area (Å²) >= 11 is 3.46. The van der Waals surface area contributed by atoms with Gasteiger partial charge in [-0.25, -0.2) is 0 Å². The summed E-state index contributed by atoms with van der Waals surface area (Å²) in [6.07, 6.45) is 0. The van der Waals surface area contributed by atoms with Crippen molar-refractivity contribution in [1.29, 1.82) is 0 Å². The van der Waals surface area contributed by atoms with E-state index in [1.807, 2.05) is 48.5 Å². The molecule has 3 aromatic carbocycles. The minimum atomic E-state index is -0.125. The maximum absolute atomic E-state index is 12.4. The molecule has 0 aliphatic carbocycles. The minimum Gasteiger partial charge on any atom is -0.497 e. The second kappa shape index (κ2) is 9.53. The number of methoxy groups -OCH3 is 1. The Morgan fingerprint density at radius 3 is 1.96 bits per heavy atom. The van der Waals surface area contributed by atoms with Crippen LogP contribution in [-0.4, -0.2) is 25.0 Å². The maximum Gasteiger partial charge on any atom is 0.255 e. The van der Waals surface area contributed by atoms with E-state index in [1.54, 1.807) is 7.11 Å². The summed E-state index contributed by atoms with van der Waals surface area (Å²) < 4.78 is 6.21. The molecule has 0 fully saturated rings. The first-order valence-corrected chi connectivity index (χ1v) is 9.80. The van der Waals surface area contributed by atoms with Crippen LogP contribution in [0, 0.1) is 0 Å². The number of nitrogens with one attached hydrogen (secondary N) is 1. The highest BCUT2D eigenvalue weighted by atomic mass is 79.9. The molecule has 4 nitrogen and oxygen atoms in total. The van der Waals surface area contributed by atoms with Gasteiger partial charge in [-0.3, -0.25) is 9.69 Å². The van der Waals surface area contributed by atoms with Gasteiger partial charge in [0.2, 0.25) is 0 Å². The predicted molar refractivity (Wildman–Crippen MR) is 117 cm³/mol. The van der Waals surface area contributed by atoms with Crippen LogP contribution in [0.4, 0.5) is 5.69 Å². The molecule has 0 bridgehead atoms. The lowest BCUT2D eigenvalue weighted by molar-refractivity contribution is 0.102. The Kier molecular flexibility index (Phi) is 6.85. The molecule has 0 aliphatic heterocycles. The molecule has 1 amide bonds. The fraction of sp³-hybridized carbons (Fsp3) is 0.174. The molecule has 3 aromatic rings. The van der Waals surface area contributed by atoms with E-state index in [4.69, 9.17) is 4.74 Å². The molecule has 0 aromatic heterocycles. The molecule has 144 valence electrons. The van der Waals surface area contributed by atoms with Crippen molar-refractivity contribution in [3.05, 3.63) is 94.0 Å². The van der Waals surface area contributed by atoms with E-state index in [0.29, 0.717) is 5.56 Å². The van der Waals surface area contributed by atoms with Gasteiger partial charge < -0.3 is 10.1 Å². The summed E-state index contributed by atoms with van der Waals surface area (Å²) in [7, 11) is 3.71. The molecule has 0 atom stereocenters. The third-order valence-electron chi connectivity index (χ3n) is 4.38. The molecular formula is C23H23BrN2O2. The Labute approximate surface area is 174 Å². The Bertz CT molecular complexity index is 907. The van der Waals surface area contributed by atoms with Crippen LogP contribution < -0.4 is 10.1 Å². The summed E-state index contributed by atoms with van der Waals surface area (Å²) in [6, 6.07) is 23.4. The van der Waals surface area contributed by atoms with Gasteiger partial charge in [0, 0.05) is 28.8 Å². The van der Waals surface area contributed by atoms with Crippen LogP contribution in [-0.2, 0) is 13.1 Å². The summed E-state index contributed by atoms with van der Waals surface area (Å²) in [5, 5.41) is 2.90. The van der Waals surface area contributed by atoms with Crippen molar-refractivity contribution in [3.63, 3.8) is 0 Å². The zero-order valence-corrected chi connectivity index (χ0v) is 17.6. The molecule has 0 heterocycles. The predicted octanol–water partition coefficient (Wildman–Crippen LogP) is 5.34. The lowest BCUT2D eigenvalue weighted by Crippen LogP contribution is -2.17. The zero-order chi connectivity index (χ0) is 19.9. The van der Waals surface area contributed by atoms with Gasteiger partial charge in [0.05, 0.1) is 7.11 Å². The van der Waals surface area contributed by atoms with Crippen molar-refractivity contribution in [2.24, 2.45) is 0 Å². The number of benzene rings is 3. The van der Waals surface area contributed by atoms with Crippen LogP contribution in [0.25, 0.3) is 0 Å². The number of ether oxygens (including phenoxy) is 1. The highest BCUT2D eigenvalue weighted by Crippen LogP contribution is 2.17. The number of halogens is 1. The van der Waals surface area contributed by atoms with Crippen LogP contribution in [0.5, 0.6) is 5.75 Å². The third kappa shape index (κ3) is 5.68. The van der Waals surface area contributed by atoms with E-state index in [-0.39, 0.29) is 5.91 Å². The Morgan fingerprint density at radius 1 is 0.893 bits per heavy atom. The first-order valence-electron chi connectivity index (χ1n) is 9.01. The van der Waals surface area contributed by atoms with Gasteiger partial charge in [0.15, 0.2) is 0 Å². The average Bonchev–Trinajstić information content (AvgIpc) is 2.71. The van der Waals surface area contributed by atoms with Crippen LogP contribution in [0.2, 0.25) is 0 Å². The fourth-order valence-electron chi connectivity index (χ4n) is 2.91. The molecule has 0 saturated carbocycles. The SMILES string of the molecule is COc1ccc(NC(=O)c2ccc(CN(C)Cc3ccc(Br)cc3)cc2)cc1. The van der Waals surface area contributed by atoms with E-state index in [1.165, 1.54) is 11.1 Å². The monoisotopic (exact) mass is 438 g/mol. The summed E-state index contributed by atoms with van der Waals surface area (Å²) in [6.45, 7) is 1.68. The van der Waals surface area contributed by atoms with Crippen LogP contribution in [0.1, 0.15) is 21.5 Å². The minimum absolute atomic E-state index is 0.125. The molecule has 1 N–H and O–H groups in total. The van der Waals surface area contributed by atoms with Crippen molar-refractivity contribution in [3.8, 4) is 5.75 Å². The molecule has 0 aliphatic rings. The van der Waals surface area contributed by atoms with Crippen molar-refractivity contribution >= 4 is 27.5 Å². The zero-order valence-electron chi connectivity index (χ0n) is 16.0. The van der Waals surface area contributed by atoms with E-state index in [2.05, 4.69) is 57.5 Å². The molecule has 0 spiro atoms. The first-order chi connectivity index (χ1) is 13.5. The number of amides is 1. The lowest BCUT2D eigenvalue weighted by atomic mass is 10.1. The Morgan fingerprint density at radius 2 is 1.43 bits per heavy atom. The van der Waals surface area contributed by atoms with Gasteiger partial charge in [0.1, 0.15) is 5.75 Å². The number of carbonyl (C=O) groups excluding carboxylic acids is 1. The summed E-state index contributed by atoms with van der Waals surface area (Å²) in [5.41, 5.74) is 3.81. The fourth-order valence-corrected chi connectivity index (χ4v) is 3.17. The van der Waals surface area contributed by atoms with Crippen molar-refractivity contribution in [2.45, 2.75) is 13.1 Å². The quantitative estimate of drug-likeness (QED) is 0.540. The average molecular weight is 439 g/mol. The van der Waals surface area contributed by atoms with Crippen molar-refractivity contribution in [1.82, 2.24) is 4.90 Å². The molecule has 3 rings (SSSR count). The number of carbonyl (C=O) groups is 1. The largest absolute Gasteiger partial charge is 0.497 e. The van der Waals surface area contributed by atoms with Crippen molar-refractivity contribution in [2.75, 3.05) is 19.5 Å². The molecule has 0 unspecified atom stereocenters. The molecule has 0 saturated heterocycles. The Hall–Kier alpha value is -2.63. The molecular weight excluding hydrogens is 416 g/mol. The topological polar surface area (TPSA) is 41.6 Å². The first kappa shape index (κ1) is 20.1. The van der Waals surface area contributed by atoms with Gasteiger partial charge in [-0.1, -0.05) is 40.2 Å². The summed E-state index contributed by atoms with van der Waals surface area (Å²) in [5.74, 6) is 0.634. The summed E-state index contributed by atoms with van der Waals surface area (Å²) in [4.78, 5) is 14.7. The van der Waals surface area contributed by atoms with Crippen LogP contribution in [0.3, 0.4) is 0 Å². The highest BCUT2D eigenvalue weighted by molar-refractivity contribution is 9.10. The van der Waals surface area contributed by atoms with E-state index in [0.717, 1.165) is 29.0 Å². The van der Waals surface area contributed by atoms with Gasteiger partial charge in [0.25, 0.3) is 5.91 Å². The number of hydrogen-bond acceptors (Lipinski definition) is 3. The number of rotatable bonds is 7. The van der Waals surface area contributed by atoms with Gasteiger partial charge >= 0.3 is 0 Å². The van der Waals surface area contributed by atoms with Gasteiger partial charge in [-0.15, -0.1) is 0 Å². The second-order valence-electron chi connectivity index (χ2n) is 6.68. The molecule has 5 heteroatoms. The number of nitrogens with zero attached hydrogens (tertiary/aromatic N) is 1. The van der Waals surface area contributed by atoms with E-state index < -0.39 is 0 Å². The Balaban J connectivity index is 1.55.